The summed E-state index contributed by atoms with van der Waals surface area (Å²) in [5.41, 5.74) is 3.74. The number of hydrogen-bond donors (Lipinski definition) is 1. The molecule has 0 unspecified atom stereocenters. The largest absolute Gasteiger partial charge is 0.481 e. The molecule has 0 saturated heterocycles. The maximum Gasteiger partial charge on any atom is 0.309 e. The van der Waals surface area contributed by atoms with Crippen LogP contribution in [0.15, 0.2) is 28.7 Å². The fourth-order valence-corrected chi connectivity index (χ4v) is 2.73. The molecular weight excluding hydrogens is 308 g/mol. The number of carboxylic acid groups (broad SMARTS) is 1. The Bertz CT molecular complexity index is 603. The van der Waals surface area contributed by atoms with Crippen molar-refractivity contribution in [3.05, 3.63) is 40.0 Å². The van der Waals surface area contributed by atoms with Crippen LogP contribution < -0.4 is 0 Å². The molecule has 19 heavy (non-hydrogen) atoms. The number of benzene rings is 1. The Morgan fingerprint density at radius 2 is 2.00 bits per heavy atom. The van der Waals surface area contributed by atoms with Gasteiger partial charge in [-0.15, -0.1) is 0 Å². The number of aliphatic carboxylic acids is 1. The van der Waals surface area contributed by atoms with Crippen molar-refractivity contribution in [2.75, 3.05) is 0 Å². The lowest BCUT2D eigenvalue weighted by molar-refractivity contribution is -0.136. The first-order chi connectivity index (χ1) is 9.02. The highest BCUT2D eigenvalue weighted by Gasteiger charge is 2.17. The average Bonchev–Trinajstić information content (AvgIpc) is 2.64. The summed E-state index contributed by atoms with van der Waals surface area (Å²) in [5, 5.41) is 13.1. The summed E-state index contributed by atoms with van der Waals surface area (Å²) < 4.78 is 2.46. The molecule has 1 heterocycles. The predicted octanol–water partition coefficient (Wildman–Crippen LogP) is 3.04. The molecule has 0 amide bonds. The zero-order valence-electron chi connectivity index (χ0n) is 10.9. The van der Waals surface area contributed by atoms with Crippen LogP contribution >= 0.6 is 15.9 Å². The third-order valence-electron chi connectivity index (χ3n) is 3.01. The van der Waals surface area contributed by atoms with Gasteiger partial charge < -0.3 is 5.11 Å². The Labute approximate surface area is 120 Å². The van der Waals surface area contributed by atoms with Gasteiger partial charge >= 0.3 is 5.97 Å². The van der Waals surface area contributed by atoms with Crippen LogP contribution in [0.1, 0.15) is 18.2 Å². The second-order valence-corrected chi connectivity index (χ2v) is 5.15. The molecule has 0 saturated carbocycles. The molecule has 0 spiro atoms. The molecule has 0 bridgehead atoms. The molecule has 0 aliphatic heterocycles. The van der Waals surface area contributed by atoms with Gasteiger partial charge in [-0.25, -0.2) is 0 Å². The van der Waals surface area contributed by atoms with Crippen LogP contribution in [0.3, 0.4) is 0 Å². The molecule has 5 heteroatoms. The van der Waals surface area contributed by atoms with Crippen LogP contribution in [0.5, 0.6) is 0 Å². The van der Waals surface area contributed by atoms with E-state index < -0.39 is 5.97 Å². The normalized spacial score (nSPS) is 10.7. The highest BCUT2D eigenvalue weighted by Crippen LogP contribution is 2.31. The number of rotatable bonds is 4. The SMILES string of the molecule is CCc1ccc(-c2c(Br)c(CC(=O)O)nn2C)cc1. The van der Waals surface area contributed by atoms with Crippen LogP contribution in [0.2, 0.25) is 0 Å². The molecule has 2 aromatic rings. The minimum Gasteiger partial charge on any atom is -0.481 e. The third kappa shape index (κ3) is 2.87. The summed E-state index contributed by atoms with van der Waals surface area (Å²) >= 11 is 3.46. The predicted molar refractivity (Wildman–Crippen MR) is 77.1 cm³/mol. The van der Waals surface area contributed by atoms with Crippen molar-refractivity contribution >= 4 is 21.9 Å². The molecule has 100 valence electrons. The minimum absolute atomic E-state index is 0.0819. The molecule has 1 aromatic heterocycles. The molecule has 0 radical (unpaired) electrons. The maximum absolute atomic E-state index is 10.8. The van der Waals surface area contributed by atoms with E-state index >= 15 is 0 Å². The number of hydrogen-bond acceptors (Lipinski definition) is 2. The Balaban J connectivity index is 2.43. The van der Waals surface area contributed by atoms with Crippen molar-refractivity contribution in [2.24, 2.45) is 7.05 Å². The molecule has 4 nitrogen and oxygen atoms in total. The van der Waals surface area contributed by atoms with E-state index in [1.54, 1.807) is 4.68 Å². The lowest BCUT2D eigenvalue weighted by Gasteiger charge is -2.04. The third-order valence-corrected chi connectivity index (χ3v) is 3.84. The van der Waals surface area contributed by atoms with Crippen molar-refractivity contribution in [1.29, 1.82) is 0 Å². The van der Waals surface area contributed by atoms with Gasteiger partial charge in [0.25, 0.3) is 0 Å². The van der Waals surface area contributed by atoms with Crippen molar-refractivity contribution in [3.8, 4) is 11.3 Å². The first kappa shape index (κ1) is 13.8. The molecule has 0 atom stereocenters. The summed E-state index contributed by atoms with van der Waals surface area (Å²) in [6, 6.07) is 8.22. The Morgan fingerprint density at radius 1 is 1.37 bits per heavy atom. The molecule has 0 aliphatic rings. The number of nitrogens with zero attached hydrogens (tertiary/aromatic N) is 2. The van der Waals surface area contributed by atoms with E-state index in [9.17, 15) is 4.79 Å². The second kappa shape index (κ2) is 5.57. The smallest absolute Gasteiger partial charge is 0.309 e. The molecule has 0 aliphatic carbocycles. The first-order valence-corrected chi connectivity index (χ1v) is 6.84. The van der Waals surface area contributed by atoms with Crippen molar-refractivity contribution < 1.29 is 9.90 Å². The zero-order valence-corrected chi connectivity index (χ0v) is 12.4. The van der Waals surface area contributed by atoms with Crippen LogP contribution in [0.25, 0.3) is 11.3 Å². The quantitative estimate of drug-likeness (QED) is 0.941. The van der Waals surface area contributed by atoms with Gasteiger partial charge in [-0.05, 0) is 27.9 Å². The molecular formula is C14H15BrN2O2. The summed E-state index contributed by atoms with van der Waals surface area (Å²) in [7, 11) is 1.82. The van der Waals surface area contributed by atoms with Crippen LogP contribution in [-0.4, -0.2) is 20.9 Å². The highest BCUT2D eigenvalue weighted by molar-refractivity contribution is 9.10. The summed E-state index contributed by atoms with van der Waals surface area (Å²) in [4.78, 5) is 10.8. The molecule has 1 N–H and O–H groups in total. The second-order valence-electron chi connectivity index (χ2n) is 4.35. The lowest BCUT2D eigenvalue weighted by Crippen LogP contribution is -2.02. The van der Waals surface area contributed by atoms with Gasteiger partial charge in [-0.3, -0.25) is 9.48 Å². The maximum atomic E-state index is 10.8. The molecule has 0 fully saturated rings. The monoisotopic (exact) mass is 322 g/mol. The average molecular weight is 323 g/mol. The van der Waals surface area contributed by atoms with Gasteiger partial charge in [-0.1, -0.05) is 31.2 Å². The van der Waals surface area contributed by atoms with Crippen LogP contribution in [0.4, 0.5) is 0 Å². The van der Waals surface area contributed by atoms with Gasteiger partial charge in [0.2, 0.25) is 0 Å². The standard InChI is InChI=1S/C14H15BrN2O2/c1-3-9-4-6-10(7-5-9)14-13(15)11(8-12(18)19)16-17(14)2/h4-7H,3,8H2,1-2H3,(H,18,19). The van der Waals surface area contributed by atoms with E-state index in [-0.39, 0.29) is 6.42 Å². The highest BCUT2D eigenvalue weighted by atomic mass is 79.9. The van der Waals surface area contributed by atoms with Crippen molar-refractivity contribution in [2.45, 2.75) is 19.8 Å². The number of carbonyl (C=O) groups is 1. The number of aryl methyl sites for hydroxylation is 2. The Morgan fingerprint density at radius 3 is 2.53 bits per heavy atom. The Hall–Kier alpha value is -1.62. The van der Waals surface area contributed by atoms with Gasteiger partial charge in [-0.2, -0.15) is 5.10 Å². The summed E-state index contributed by atoms with van der Waals surface area (Å²) in [6.45, 7) is 2.11. The Kier molecular flexibility index (Phi) is 4.04. The number of carboxylic acids is 1. The van der Waals surface area contributed by atoms with Gasteiger partial charge in [0.15, 0.2) is 0 Å². The summed E-state index contributed by atoms with van der Waals surface area (Å²) in [6.07, 6.45) is 0.915. The molecule has 1 aromatic carbocycles. The van der Waals surface area contributed by atoms with E-state index in [4.69, 9.17) is 5.11 Å². The van der Waals surface area contributed by atoms with Crippen molar-refractivity contribution in [3.63, 3.8) is 0 Å². The topological polar surface area (TPSA) is 55.1 Å². The van der Waals surface area contributed by atoms with Crippen LogP contribution in [0, 0.1) is 0 Å². The fraction of sp³-hybridized carbons (Fsp3) is 0.286. The van der Waals surface area contributed by atoms with E-state index in [2.05, 4.69) is 40.1 Å². The first-order valence-electron chi connectivity index (χ1n) is 6.05. The molecule has 2 rings (SSSR count). The van der Waals surface area contributed by atoms with Gasteiger partial charge in [0.05, 0.1) is 22.3 Å². The van der Waals surface area contributed by atoms with E-state index in [1.807, 2.05) is 19.2 Å². The van der Waals surface area contributed by atoms with E-state index in [0.29, 0.717) is 5.69 Å². The van der Waals surface area contributed by atoms with Gasteiger partial charge in [0, 0.05) is 12.6 Å². The van der Waals surface area contributed by atoms with E-state index in [1.165, 1.54) is 5.56 Å². The fourth-order valence-electron chi connectivity index (χ4n) is 2.02. The zero-order chi connectivity index (χ0) is 14.0. The van der Waals surface area contributed by atoms with Crippen LogP contribution in [-0.2, 0) is 24.7 Å². The number of halogens is 1. The summed E-state index contributed by atoms with van der Waals surface area (Å²) in [5.74, 6) is -0.883. The lowest BCUT2D eigenvalue weighted by atomic mass is 10.1. The minimum atomic E-state index is -0.883. The van der Waals surface area contributed by atoms with Crippen molar-refractivity contribution in [1.82, 2.24) is 9.78 Å². The van der Waals surface area contributed by atoms with E-state index in [0.717, 1.165) is 22.2 Å². The number of aromatic nitrogens is 2. The van der Waals surface area contributed by atoms with Gasteiger partial charge in [0.1, 0.15) is 0 Å².